The van der Waals surface area contributed by atoms with Crippen LogP contribution in [0.25, 0.3) is 0 Å². The number of benzene rings is 1. The highest BCUT2D eigenvalue weighted by atomic mass is 14.5. The first-order valence-corrected chi connectivity index (χ1v) is 7.04. The fraction of sp³-hybridized carbons (Fsp3) is 0.529. The van der Waals surface area contributed by atoms with Gasteiger partial charge < -0.3 is 0 Å². The van der Waals surface area contributed by atoms with Gasteiger partial charge in [0, 0.05) is 0 Å². The molecule has 90 valence electrons. The van der Waals surface area contributed by atoms with Gasteiger partial charge in [-0.1, -0.05) is 42.8 Å². The van der Waals surface area contributed by atoms with Crippen LogP contribution < -0.4 is 0 Å². The molecule has 2 aliphatic rings. The molecule has 3 rings (SSSR count). The minimum Gasteiger partial charge on any atom is -0.103 e. The summed E-state index contributed by atoms with van der Waals surface area (Å²) >= 11 is 0. The highest BCUT2D eigenvalue weighted by Gasteiger charge is 2.42. The predicted molar refractivity (Wildman–Crippen MR) is 72.9 cm³/mol. The zero-order valence-corrected chi connectivity index (χ0v) is 10.5. The molecule has 0 radical (unpaired) electrons. The smallest absolute Gasteiger partial charge is 0.00964 e. The predicted octanol–water partition coefficient (Wildman–Crippen LogP) is 4.78. The maximum atomic E-state index is 3.96. The molecule has 0 spiro atoms. The molecule has 2 unspecified atom stereocenters. The molecule has 0 N–H and O–H groups in total. The van der Waals surface area contributed by atoms with Crippen molar-refractivity contribution in [2.24, 2.45) is 17.8 Å². The topological polar surface area (TPSA) is 0 Å². The Kier molecular flexibility index (Phi) is 3.05. The Hall–Kier alpha value is -1.04. The molecule has 17 heavy (non-hydrogen) atoms. The number of fused-ring (bicyclic) bond motifs is 2. The molecule has 2 aliphatic carbocycles. The lowest BCUT2D eigenvalue weighted by Gasteiger charge is -2.30. The van der Waals surface area contributed by atoms with Gasteiger partial charge in [-0.15, -0.1) is 6.58 Å². The van der Waals surface area contributed by atoms with E-state index >= 15 is 0 Å². The SMILES string of the molecule is C=CCC(c1ccccc1)C1C[C@@H]2CC[C@H]1C2. The van der Waals surface area contributed by atoms with Gasteiger partial charge in [0.2, 0.25) is 0 Å². The van der Waals surface area contributed by atoms with E-state index in [0.29, 0.717) is 0 Å². The van der Waals surface area contributed by atoms with Crippen molar-refractivity contribution in [3.8, 4) is 0 Å². The average molecular weight is 226 g/mol. The molecule has 0 nitrogen and oxygen atoms in total. The van der Waals surface area contributed by atoms with Crippen molar-refractivity contribution in [3.63, 3.8) is 0 Å². The molecule has 2 bridgehead atoms. The van der Waals surface area contributed by atoms with Crippen LogP contribution in [0.2, 0.25) is 0 Å². The fourth-order valence-electron chi connectivity index (χ4n) is 4.22. The van der Waals surface area contributed by atoms with Gasteiger partial charge in [-0.2, -0.15) is 0 Å². The molecule has 0 aliphatic heterocycles. The van der Waals surface area contributed by atoms with Crippen molar-refractivity contribution >= 4 is 0 Å². The first-order chi connectivity index (χ1) is 8.38. The van der Waals surface area contributed by atoms with Gasteiger partial charge in [0.25, 0.3) is 0 Å². The highest BCUT2D eigenvalue weighted by Crippen LogP contribution is 2.54. The monoisotopic (exact) mass is 226 g/mol. The molecule has 0 saturated heterocycles. The summed E-state index contributed by atoms with van der Waals surface area (Å²) in [6.45, 7) is 3.96. The summed E-state index contributed by atoms with van der Waals surface area (Å²) in [5.41, 5.74) is 1.53. The van der Waals surface area contributed by atoms with Crippen LogP contribution in [-0.4, -0.2) is 0 Å². The Labute approximate surface area is 105 Å². The van der Waals surface area contributed by atoms with Gasteiger partial charge in [0.05, 0.1) is 0 Å². The van der Waals surface area contributed by atoms with Crippen LogP contribution in [0.5, 0.6) is 0 Å². The average Bonchev–Trinajstić information content (AvgIpc) is 2.99. The molecule has 1 aromatic rings. The summed E-state index contributed by atoms with van der Waals surface area (Å²) in [6.07, 6.45) is 9.22. The van der Waals surface area contributed by atoms with Crippen molar-refractivity contribution < 1.29 is 0 Å². The van der Waals surface area contributed by atoms with Crippen LogP contribution in [-0.2, 0) is 0 Å². The molecule has 2 fully saturated rings. The minimum absolute atomic E-state index is 0.726. The van der Waals surface area contributed by atoms with Gasteiger partial charge in [-0.3, -0.25) is 0 Å². The first kappa shape index (κ1) is 11.1. The van der Waals surface area contributed by atoms with Crippen LogP contribution >= 0.6 is 0 Å². The third-order valence-corrected chi connectivity index (χ3v) is 4.96. The number of rotatable bonds is 4. The van der Waals surface area contributed by atoms with Gasteiger partial charge >= 0.3 is 0 Å². The van der Waals surface area contributed by atoms with Crippen LogP contribution in [0.3, 0.4) is 0 Å². The van der Waals surface area contributed by atoms with Crippen molar-refractivity contribution in [3.05, 3.63) is 48.6 Å². The van der Waals surface area contributed by atoms with Gasteiger partial charge in [0.15, 0.2) is 0 Å². The van der Waals surface area contributed by atoms with Crippen LogP contribution in [0, 0.1) is 17.8 Å². The van der Waals surface area contributed by atoms with E-state index in [0.717, 1.165) is 30.1 Å². The van der Waals surface area contributed by atoms with E-state index in [-0.39, 0.29) is 0 Å². The second kappa shape index (κ2) is 4.68. The summed E-state index contributed by atoms with van der Waals surface area (Å²) < 4.78 is 0. The first-order valence-electron chi connectivity index (χ1n) is 7.04. The second-order valence-electron chi connectivity index (χ2n) is 5.88. The molecule has 2 saturated carbocycles. The lowest BCUT2D eigenvalue weighted by atomic mass is 9.75. The van der Waals surface area contributed by atoms with Crippen molar-refractivity contribution in [2.45, 2.75) is 38.0 Å². The largest absolute Gasteiger partial charge is 0.103 e. The minimum atomic E-state index is 0.726. The summed E-state index contributed by atoms with van der Waals surface area (Å²) in [6, 6.07) is 11.1. The second-order valence-corrected chi connectivity index (χ2v) is 5.88. The van der Waals surface area contributed by atoms with Crippen molar-refractivity contribution in [1.29, 1.82) is 0 Å². The number of hydrogen-bond donors (Lipinski definition) is 0. The van der Waals surface area contributed by atoms with Gasteiger partial charge in [-0.25, -0.2) is 0 Å². The number of allylic oxidation sites excluding steroid dienone is 1. The van der Waals surface area contributed by atoms with Gasteiger partial charge in [-0.05, 0) is 54.9 Å². The van der Waals surface area contributed by atoms with Gasteiger partial charge in [0.1, 0.15) is 0 Å². The highest BCUT2D eigenvalue weighted by molar-refractivity contribution is 5.22. The van der Waals surface area contributed by atoms with E-state index in [1.807, 2.05) is 0 Å². The van der Waals surface area contributed by atoms with E-state index in [9.17, 15) is 0 Å². The van der Waals surface area contributed by atoms with Crippen LogP contribution in [0.4, 0.5) is 0 Å². The molecule has 1 aromatic carbocycles. The summed E-state index contributed by atoms with van der Waals surface area (Å²) in [4.78, 5) is 0. The molecular weight excluding hydrogens is 204 g/mol. The molecule has 0 aromatic heterocycles. The van der Waals surface area contributed by atoms with Crippen LogP contribution in [0.1, 0.15) is 43.6 Å². The van der Waals surface area contributed by atoms with Crippen molar-refractivity contribution in [2.75, 3.05) is 0 Å². The molecular formula is C17H22. The summed E-state index contributed by atoms with van der Waals surface area (Å²) in [5.74, 6) is 3.70. The Morgan fingerprint density at radius 3 is 2.59 bits per heavy atom. The zero-order chi connectivity index (χ0) is 11.7. The zero-order valence-electron chi connectivity index (χ0n) is 10.5. The Morgan fingerprint density at radius 2 is 2.00 bits per heavy atom. The third kappa shape index (κ3) is 2.06. The Morgan fingerprint density at radius 1 is 1.18 bits per heavy atom. The molecule has 4 atom stereocenters. The molecule has 0 heterocycles. The summed E-state index contributed by atoms with van der Waals surface area (Å²) in [5, 5.41) is 0. The maximum absolute atomic E-state index is 3.96. The Balaban J connectivity index is 1.83. The van der Waals surface area contributed by atoms with Crippen molar-refractivity contribution in [1.82, 2.24) is 0 Å². The van der Waals surface area contributed by atoms with E-state index in [2.05, 4.69) is 43.0 Å². The lowest BCUT2D eigenvalue weighted by Crippen LogP contribution is -2.19. The van der Waals surface area contributed by atoms with E-state index < -0.39 is 0 Å². The standard InChI is InChI=1S/C17H22/c1-2-6-16(14-7-4-3-5-8-14)17-12-13-9-10-15(17)11-13/h2-5,7-8,13,15-17H,1,6,9-12H2/t13-,15+,16?,17?/m1/s1. The van der Waals surface area contributed by atoms with E-state index in [4.69, 9.17) is 0 Å². The maximum Gasteiger partial charge on any atom is -0.00964 e. The third-order valence-electron chi connectivity index (χ3n) is 4.96. The van der Waals surface area contributed by atoms with Crippen LogP contribution in [0.15, 0.2) is 43.0 Å². The lowest BCUT2D eigenvalue weighted by molar-refractivity contribution is 0.281. The molecule has 0 heteroatoms. The fourth-order valence-corrected chi connectivity index (χ4v) is 4.22. The quantitative estimate of drug-likeness (QED) is 0.648. The molecule has 0 amide bonds. The Bertz CT molecular complexity index is 378. The number of hydrogen-bond acceptors (Lipinski definition) is 0. The van der Waals surface area contributed by atoms with E-state index in [1.54, 1.807) is 0 Å². The van der Waals surface area contributed by atoms with E-state index in [1.165, 1.54) is 31.2 Å². The normalized spacial score (nSPS) is 32.6. The summed E-state index contributed by atoms with van der Waals surface area (Å²) in [7, 11) is 0.